The number of nitrogens with two attached hydrogens (primary N) is 1. The Hall–Kier alpha value is -2.95. The molecule has 1 aromatic heterocycles. The lowest BCUT2D eigenvalue weighted by Crippen LogP contribution is -2.13. The van der Waals surface area contributed by atoms with Gasteiger partial charge in [-0.05, 0) is 26.8 Å². The van der Waals surface area contributed by atoms with Crippen LogP contribution in [0.1, 0.15) is 43.9 Å². The van der Waals surface area contributed by atoms with E-state index in [1.165, 1.54) is 30.8 Å². The zero-order valence-corrected chi connectivity index (χ0v) is 14.3. The first-order chi connectivity index (χ1) is 11.7. The summed E-state index contributed by atoms with van der Waals surface area (Å²) >= 11 is 0. The molecule has 0 radical (unpaired) electrons. The van der Waals surface area contributed by atoms with Crippen molar-refractivity contribution in [3.8, 4) is 17.3 Å². The second kappa shape index (κ2) is 6.89. The van der Waals surface area contributed by atoms with E-state index in [0.29, 0.717) is 0 Å². The maximum atomic E-state index is 14.6. The molecule has 1 aromatic carbocycles. The number of carbonyl (C=O) groups is 1. The first kappa shape index (κ1) is 18.4. The molecule has 0 aliphatic heterocycles. The molecule has 2 N–H and O–H groups in total. The number of nitriles is 1. The number of hydrogen-bond acceptors (Lipinski definition) is 5. The Bertz CT molecular complexity index is 869. The van der Waals surface area contributed by atoms with Crippen molar-refractivity contribution in [2.75, 3.05) is 12.8 Å². The van der Waals surface area contributed by atoms with E-state index in [1.807, 2.05) is 6.07 Å². The Morgan fingerprint density at radius 3 is 2.48 bits per heavy atom. The number of hydrogen-bond donors (Lipinski definition) is 1. The van der Waals surface area contributed by atoms with Crippen LogP contribution in [0, 0.1) is 23.0 Å². The van der Waals surface area contributed by atoms with Gasteiger partial charge in [-0.2, -0.15) is 10.4 Å². The number of halogens is 2. The number of aromatic nitrogens is 2. The molecule has 2 rings (SSSR count). The van der Waals surface area contributed by atoms with Gasteiger partial charge in [-0.15, -0.1) is 0 Å². The summed E-state index contributed by atoms with van der Waals surface area (Å²) < 4.78 is 35.0. The zero-order valence-electron chi connectivity index (χ0n) is 14.3. The molecule has 0 aliphatic rings. The van der Waals surface area contributed by atoms with Crippen LogP contribution in [0.2, 0.25) is 0 Å². The summed E-state index contributed by atoms with van der Waals surface area (Å²) in [5, 5.41) is 13.5. The summed E-state index contributed by atoms with van der Waals surface area (Å²) in [4.78, 5) is 11.6. The first-order valence-corrected chi connectivity index (χ1v) is 7.58. The van der Waals surface area contributed by atoms with Gasteiger partial charge in [0.15, 0.2) is 11.6 Å². The quantitative estimate of drug-likeness (QED) is 0.857. The van der Waals surface area contributed by atoms with E-state index in [2.05, 4.69) is 9.84 Å². The van der Waals surface area contributed by atoms with E-state index < -0.39 is 23.5 Å². The molecule has 25 heavy (non-hydrogen) atoms. The minimum absolute atomic E-state index is 0.0271. The summed E-state index contributed by atoms with van der Waals surface area (Å²) in [7, 11) is 1.17. The number of rotatable bonds is 4. The Kier molecular flexibility index (Phi) is 5.07. The van der Waals surface area contributed by atoms with Gasteiger partial charge in [0.05, 0.1) is 13.0 Å². The summed E-state index contributed by atoms with van der Waals surface area (Å²) in [5.41, 5.74) is 5.48. The van der Waals surface area contributed by atoms with Crippen LogP contribution in [0.4, 0.5) is 14.6 Å². The van der Waals surface area contributed by atoms with Crippen molar-refractivity contribution in [3.63, 3.8) is 0 Å². The van der Waals surface area contributed by atoms with Crippen LogP contribution in [0.25, 0.3) is 11.3 Å². The fraction of sp³-hybridized carbons (Fsp3) is 0.353. The smallest absolute Gasteiger partial charge is 0.312 e. The zero-order chi connectivity index (χ0) is 18.9. The second-order valence-corrected chi connectivity index (χ2v) is 5.83. The lowest BCUT2D eigenvalue weighted by molar-refractivity contribution is -0.142. The molecule has 0 saturated heterocycles. The highest BCUT2D eigenvalue weighted by Crippen LogP contribution is 2.33. The van der Waals surface area contributed by atoms with Crippen molar-refractivity contribution in [2.45, 2.75) is 32.7 Å². The van der Waals surface area contributed by atoms with Crippen molar-refractivity contribution >= 4 is 11.8 Å². The topological polar surface area (TPSA) is 93.9 Å². The van der Waals surface area contributed by atoms with E-state index in [-0.39, 0.29) is 34.2 Å². The molecule has 0 amide bonds. The van der Waals surface area contributed by atoms with Gasteiger partial charge in [-0.1, -0.05) is 6.07 Å². The molecule has 0 fully saturated rings. The summed E-state index contributed by atoms with van der Waals surface area (Å²) in [6.45, 7) is 5.01. The average Bonchev–Trinajstić information content (AvgIpc) is 2.92. The van der Waals surface area contributed by atoms with Crippen LogP contribution in [-0.4, -0.2) is 22.9 Å². The number of ether oxygens (including phenoxy) is 1. The van der Waals surface area contributed by atoms with Gasteiger partial charge in [0.1, 0.15) is 23.1 Å². The molecule has 132 valence electrons. The van der Waals surface area contributed by atoms with Crippen molar-refractivity contribution in [1.29, 1.82) is 5.26 Å². The third kappa shape index (κ3) is 3.05. The van der Waals surface area contributed by atoms with Crippen LogP contribution in [0.3, 0.4) is 0 Å². The lowest BCUT2D eigenvalue weighted by Gasteiger charge is -2.12. The fourth-order valence-electron chi connectivity index (χ4n) is 2.53. The Morgan fingerprint density at radius 2 is 1.96 bits per heavy atom. The molecule has 0 aliphatic carbocycles. The number of methoxy groups -OCH3 is 1. The number of nitrogens with zero attached hydrogens (tertiary/aromatic N) is 3. The van der Waals surface area contributed by atoms with Crippen LogP contribution in [0.5, 0.6) is 0 Å². The van der Waals surface area contributed by atoms with Crippen molar-refractivity contribution in [3.05, 3.63) is 34.9 Å². The van der Waals surface area contributed by atoms with E-state index in [0.717, 1.165) is 0 Å². The Labute approximate surface area is 143 Å². The third-order valence-electron chi connectivity index (χ3n) is 3.94. The molecule has 0 spiro atoms. The highest BCUT2D eigenvalue weighted by atomic mass is 19.2. The standard InChI is InChI=1S/C17H18F2N4O2/c1-8(2)23-16(21)12(7-20)15(22-23)11-6-5-10(13(18)14(11)19)9(3)17(24)25-4/h5-6,8-9H,21H2,1-4H3. The summed E-state index contributed by atoms with van der Waals surface area (Å²) in [6.07, 6.45) is 0. The minimum Gasteiger partial charge on any atom is -0.469 e. The number of nitrogen functional groups attached to an aromatic ring is 1. The number of benzene rings is 1. The summed E-state index contributed by atoms with van der Waals surface area (Å²) in [5.74, 6) is -3.95. The van der Waals surface area contributed by atoms with E-state index >= 15 is 0 Å². The molecule has 1 heterocycles. The Morgan fingerprint density at radius 1 is 1.32 bits per heavy atom. The fourth-order valence-corrected chi connectivity index (χ4v) is 2.53. The molecule has 0 bridgehead atoms. The van der Waals surface area contributed by atoms with Gasteiger partial charge >= 0.3 is 5.97 Å². The first-order valence-electron chi connectivity index (χ1n) is 7.58. The number of esters is 1. The maximum Gasteiger partial charge on any atom is 0.312 e. The predicted molar refractivity (Wildman–Crippen MR) is 87.5 cm³/mol. The molecule has 0 saturated carbocycles. The lowest BCUT2D eigenvalue weighted by atomic mass is 9.97. The third-order valence-corrected chi connectivity index (χ3v) is 3.94. The molecule has 6 nitrogen and oxygen atoms in total. The minimum atomic E-state index is -1.20. The van der Waals surface area contributed by atoms with E-state index in [9.17, 15) is 18.8 Å². The van der Waals surface area contributed by atoms with Gasteiger partial charge in [0.2, 0.25) is 0 Å². The normalized spacial score (nSPS) is 12.1. The van der Waals surface area contributed by atoms with Gasteiger partial charge in [0.25, 0.3) is 0 Å². The largest absolute Gasteiger partial charge is 0.469 e. The SMILES string of the molecule is COC(=O)C(C)c1ccc(-c2nn(C(C)C)c(N)c2C#N)c(F)c1F. The molecule has 2 aromatic rings. The van der Waals surface area contributed by atoms with Gasteiger partial charge in [0, 0.05) is 17.2 Å². The predicted octanol–water partition coefficient (Wildman–Crippen LogP) is 3.14. The van der Waals surface area contributed by atoms with Crippen molar-refractivity contribution in [1.82, 2.24) is 9.78 Å². The highest BCUT2D eigenvalue weighted by molar-refractivity contribution is 5.79. The second-order valence-electron chi connectivity index (χ2n) is 5.83. The van der Waals surface area contributed by atoms with Crippen LogP contribution < -0.4 is 5.73 Å². The van der Waals surface area contributed by atoms with E-state index in [4.69, 9.17) is 5.73 Å². The van der Waals surface area contributed by atoms with Crippen molar-refractivity contribution < 1.29 is 18.3 Å². The van der Waals surface area contributed by atoms with Gasteiger partial charge < -0.3 is 10.5 Å². The van der Waals surface area contributed by atoms with Crippen LogP contribution in [-0.2, 0) is 9.53 Å². The highest BCUT2D eigenvalue weighted by Gasteiger charge is 2.27. The molecular formula is C17H18F2N4O2. The molecule has 1 atom stereocenters. The van der Waals surface area contributed by atoms with Crippen LogP contribution in [0.15, 0.2) is 12.1 Å². The monoisotopic (exact) mass is 348 g/mol. The van der Waals surface area contributed by atoms with Crippen LogP contribution >= 0.6 is 0 Å². The average molecular weight is 348 g/mol. The number of anilines is 1. The summed E-state index contributed by atoms with van der Waals surface area (Å²) in [6, 6.07) is 4.27. The molecular weight excluding hydrogens is 330 g/mol. The Balaban J connectivity index is 2.64. The van der Waals surface area contributed by atoms with E-state index in [1.54, 1.807) is 13.8 Å². The molecule has 8 heteroatoms. The molecule has 1 unspecified atom stereocenters. The maximum absolute atomic E-state index is 14.6. The van der Waals surface area contributed by atoms with Gasteiger partial charge in [-0.25, -0.2) is 13.5 Å². The number of carbonyl (C=O) groups excluding carboxylic acids is 1. The van der Waals surface area contributed by atoms with Gasteiger partial charge in [-0.3, -0.25) is 4.79 Å². The van der Waals surface area contributed by atoms with Crippen molar-refractivity contribution in [2.24, 2.45) is 0 Å².